The Morgan fingerprint density at radius 2 is 2.04 bits per heavy atom. The molecular formula is C19H19ClN2O3. The summed E-state index contributed by atoms with van der Waals surface area (Å²) in [5.41, 5.74) is 3.74. The predicted molar refractivity (Wildman–Crippen MR) is 99.4 cm³/mol. The SMILES string of the molecule is Cc1cccc(C(C)C)c1NC(=O)Cn1c(=O)oc2cc(Cl)ccc21. The summed E-state index contributed by atoms with van der Waals surface area (Å²) in [6, 6.07) is 10.8. The lowest BCUT2D eigenvalue weighted by Crippen LogP contribution is -2.25. The van der Waals surface area contributed by atoms with Gasteiger partial charge in [0, 0.05) is 16.8 Å². The van der Waals surface area contributed by atoms with Crippen LogP contribution >= 0.6 is 11.6 Å². The lowest BCUT2D eigenvalue weighted by Gasteiger charge is -2.16. The van der Waals surface area contributed by atoms with Crippen molar-refractivity contribution in [3.63, 3.8) is 0 Å². The zero-order valence-corrected chi connectivity index (χ0v) is 15.1. The van der Waals surface area contributed by atoms with Crippen LogP contribution in [0.4, 0.5) is 5.69 Å². The minimum atomic E-state index is -0.582. The fraction of sp³-hybridized carbons (Fsp3) is 0.263. The standard InChI is InChI=1S/C19H19ClN2O3/c1-11(2)14-6-4-5-12(3)18(14)21-17(23)10-22-15-8-7-13(20)9-16(15)25-19(22)24/h4-9,11H,10H2,1-3H3,(H,21,23). The van der Waals surface area contributed by atoms with Gasteiger partial charge < -0.3 is 9.73 Å². The Hall–Kier alpha value is -2.53. The number of benzene rings is 2. The predicted octanol–water partition coefficient (Wildman–Crippen LogP) is 4.32. The third kappa shape index (κ3) is 3.46. The third-order valence-corrected chi connectivity index (χ3v) is 4.36. The van der Waals surface area contributed by atoms with Gasteiger partial charge in [0.25, 0.3) is 0 Å². The van der Waals surface area contributed by atoms with E-state index in [-0.39, 0.29) is 18.4 Å². The Bertz CT molecular complexity index is 1000. The molecule has 0 aliphatic heterocycles. The Labute approximate surface area is 150 Å². The van der Waals surface area contributed by atoms with Gasteiger partial charge in [-0.3, -0.25) is 9.36 Å². The third-order valence-electron chi connectivity index (χ3n) is 4.12. The van der Waals surface area contributed by atoms with Crippen molar-refractivity contribution >= 4 is 34.3 Å². The van der Waals surface area contributed by atoms with Gasteiger partial charge in [0.1, 0.15) is 6.54 Å². The Kier molecular flexibility index (Phi) is 4.68. The van der Waals surface area contributed by atoms with Gasteiger partial charge in [-0.25, -0.2) is 4.79 Å². The first kappa shape index (κ1) is 17.3. The summed E-state index contributed by atoms with van der Waals surface area (Å²) < 4.78 is 6.46. The van der Waals surface area contributed by atoms with Crippen LogP contribution in [0, 0.1) is 6.92 Å². The van der Waals surface area contributed by atoms with E-state index in [0.717, 1.165) is 16.8 Å². The first-order valence-corrected chi connectivity index (χ1v) is 8.43. The van der Waals surface area contributed by atoms with Gasteiger partial charge in [0.2, 0.25) is 5.91 Å². The molecule has 1 aromatic heterocycles. The first-order chi connectivity index (χ1) is 11.9. The molecule has 0 spiro atoms. The van der Waals surface area contributed by atoms with Gasteiger partial charge in [-0.15, -0.1) is 0 Å². The zero-order chi connectivity index (χ0) is 18.1. The summed E-state index contributed by atoms with van der Waals surface area (Å²) in [5.74, 6) is -0.591. The van der Waals surface area contributed by atoms with Gasteiger partial charge in [-0.1, -0.05) is 43.6 Å². The number of halogens is 1. The van der Waals surface area contributed by atoms with E-state index >= 15 is 0 Å². The number of rotatable bonds is 4. The van der Waals surface area contributed by atoms with Crippen molar-refractivity contribution in [2.75, 3.05) is 5.32 Å². The summed E-state index contributed by atoms with van der Waals surface area (Å²) >= 11 is 5.91. The summed E-state index contributed by atoms with van der Waals surface area (Å²) in [6.07, 6.45) is 0. The van der Waals surface area contributed by atoms with E-state index in [1.54, 1.807) is 18.2 Å². The lowest BCUT2D eigenvalue weighted by atomic mass is 9.98. The Balaban J connectivity index is 1.90. The van der Waals surface area contributed by atoms with Crippen LogP contribution in [0.1, 0.15) is 30.9 Å². The molecule has 0 saturated heterocycles. The fourth-order valence-corrected chi connectivity index (χ4v) is 3.02. The first-order valence-electron chi connectivity index (χ1n) is 8.05. The maximum Gasteiger partial charge on any atom is 0.420 e. The highest BCUT2D eigenvalue weighted by Crippen LogP contribution is 2.27. The van der Waals surface area contributed by atoms with E-state index in [4.69, 9.17) is 16.0 Å². The van der Waals surface area contributed by atoms with Crippen LogP contribution in [0.5, 0.6) is 0 Å². The molecule has 0 aliphatic rings. The number of anilines is 1. The second kappa shape index (κ2) is 6.76. The maximum absolute atomic E-state index is 12.5. The molecule has 0 unspecified atom stereocenters. The summed E-state index contributed by atoms with van der Waals surface area (Å²) in [5, 5.41) is 3.41. The van der Waals surface area contributed by atoms with Crippen LogP contribution in [-0.4, -0.2) is 10.5 Å². The molecule has 6 heteroatoms. The molecule has 1 N–H and O–H groups in total. The minimum absolute atomic E-state index is 0.126. The smallest absolute Gasteiger partial charge is 0.408 e. The molecule has 0 fully saturated rings. The number of carbonyl (C=O) groups is 1. The van der Waals surface area contributed by atoms with Crippen LogP contribution in [0.25, 0.3) is 11.1 Å². The van der Waals surface area contributed by atoms with Crippen LogP contribution in [-0.2, 0) is 11.3 Å². The van der Waals surface area contributed by atoms with E-state index < -0.39 is 5.76 Å². The van der Waals surface area contributed by atoms with Crippen molar-refractivity contribution in [2.45, 2.75) is 33.2 Å². The molecular weight excluding hydrogens is 340 g/mol. The van der Waals surface area contributed by atoms with Gasteiger partial charge in [-0.05, 0) is 36.1 Å². The summed E-state index contributed by atoms with van der Waals surface area (Å²) in [4.78, 5) is 24.6. The molecule has 130 valence electrons. The number of hydrogen-bond acceptors (Lipinski definition) is 3. The van der Waals surface area contributed by atoms with Crippen molar-refractivity contribution in [3.05, 3.63) is 63.1 Å². The number of carbonyl (C=O) groups excluding carboxylic acids is 1. The molecule has 0 saturated carbocycles. The highest BCUT2D eigenvalue weighted by Gasteiger charge is 2.16. The van der Waals surface area contributed by atoms with Crippen LogP contribution in [0.15, 0.2) is 45.6 Å². The van der Waals surface area contributed by atoms with Gasteiger partial charge in [0.05, 0.1) is 5.52 Å². The number of para-hydroxylation sites is 1. The molecule has 0 bridgehead atoms. The molecule has 0 aliphatic carbocycles. The number of aromatic nitrogens is 1. The van der Waals surface area contributed by atoms with Gasteiger partial charge in [0.15, 0.2) is 5.58 Å². The zero-order valence-electron chi connectivity index (χ0n) is 14.3. The maximum atomic E-state index is 12.5. The van der Waals surface area contributed by atoms with Crippen molar-refractivity contribution in [2.24, 2.45) is 0 Å². The minimum Gasteiger partial charge on any atom is -0.408 e. The number of fused-ring (bicyclic) bond motifs is 1. The highest BCUT2D eigenvalue weighted by atomic mass is 35.5. The topological polar surface area (TPSA) is 64.2 Å². The quantitative estimate of drug-likeness (QED) is 0.755. The van der Waals surface area contributed by atoms with E-state index in [1.165, 1.54) is 4.57 Å². The van der Waals surface area contributed by atoms with Crippen molar-refractivity contribution in [3.8, 4) is 0 Å². The number of nitrogens with zero attached hydrogens (tertiary/aromatic N) is 1. The molecule has 25 heavy (non-hydrogen) atoms. The number of amides is 1. The second-order valence-electron chi connectivity index (χ2n) is 6.31. The molecule has 1 amide bonds. The van der Waals surface area contributed by atoms with Gasteiger partial charge >= 0.3 is 5.76 Å². The number of nitrogens with one attached hydrogen (secondary N) is 1. The number of oxazole rings is 1. The Morgan fingerprint density at radius 3 is 2.76 bits per heavy atom. The molecule has 0 atom stereocenters. The van der Waals surface area contributed by atoms with E-state index in [0.29, 0.717) is 16.1 Å². The average Bonchev–Trinajstić information content (AvgIpc) is 2.84. The van der Waals surface area contributed by atoms with E-state index in [9.17, 15) is 9.59 Å². The molecule has 1 heterocycles. The Morgan fingerprint density at radius 1 is 1.28 bits per heavy atom. The second-order valence-corrected chi connectivity index (χ2v) is 6.74. The summed E-state index contributed by atoms with van der Waals surface area (Å²) in [6.45, 7) is 5.97. The number of aryl methyl sites for hydroxylation is 1. The average molecular weight is 359 g/mol. The molecule has 5 nitrogen and oxygen atoms in total. The largest absolute Gasteiger partial charge is 0.420 e. The van der Waals surface area contributed by atoms with Crippen molar-refractivity contribution in [1.29, 1.82) is 0 Å². The summed E-state index contributed by atoms with van der Waals surface area (Å²) in [7, 11) is 0. The monoisotopic (exact) mass is 358 g/mol. The van der Waals surface area contributed by atoms with Crippen LogP contribution < -0.4 is 11.1 Å². The van der Waals surface area contributed by atoms with Gasteiger partial charge in [-0.2, -0.15) is 0 Å². The highest BCUT2D eigenvalue weighted by molar-refractivity contribution is 6.31. The molecule has 3 aromatic rings. The van der Waals surface area contributed by atoms with E-state index in [1.807, 2.05) is 25.1 Å². The van der Waals surface area contributed by atoms with Crippen molar-refractivity contribution < 1.29 is 9.21 Å². The lowest BCUT2D eigenvalue weighted by molar-refractivity contribution is -0.116. The van der Waals surface area contributed by atoms with Crippen LogP contribution in [0.3, 0.4) is 0 Å². The fourth-order valence-electron chi connectivity index (χ4n) is 2.85. The molecule has 0 radical (unpaired) electrons. The van der Waals surface area contributed by atoms with Crippen molar-refractivity contribution in [1.82, 2.24) is 4.57 Å². The molecule has 3 rings (SSSR count). The number of hydrogen-bond donors (Lipinski definition) is 1. The van der Waals surface area contributed by atoms with E-state index in [2.05, 4.69) is 19.2 Å². The molecule has 2 aromatic carbocycles. The van der Waals surface area contributed by atoms with Crippen LogP contribution in [0.2, 0.25) is 5.02 Å². The normalized spacial score (nSPS) is 11.2.